The number of benzene rings is 3. The number of aromatic nitrogens is 1. The van der Waals surface area contributed by atoms with Gasteiger partial charge in [-0.2, -0.15) is 0 Å². The first-order chi connectivity index (χ1) is 21.0. The van der Waals surface area contributed by atoms with Crippen LogP contribution in [-0.2, 0) is 20.8 Å². The lowest BCUT2D eigenvalue weighted by atomic mass is 10.1. The van der Waals surface area contributed by atoms with Crippen molar-refractivity contribution in [2.45, 2.75) is 34.2 Å². The Kier molecular flexibility index (Phi) is 14.9. The zero-order valence-corrected chi connectivity index (χ0v) is 29.1. The summed E-state index contributed by atoms with van der Waals surface area (Å²) in [4.78, 5) is 37.6. The van der Waals surface area contributed by atoms with E-state index in [1.54, 1.807) is 48.1 Å². The summed E-state index contributed by atoms with van der Waals surface area (Å²) in [5.41, 5.74) is 10.3. The zero-order valence-electron chi connectivity index (χ0n) is 25.9. The number of rotatable bonds is 10. The lowest BCUT2D eigenvalue weighted by Gasteiger charge is -2.20. The molecule has 242 valence electrons. The van der Waals surface area contributed by atoms with Gasteiger partial charge in [-0.15, -0.1) is 12.4 Å². The van der Waals surface area contributed by atoms with Crippen LogP contribution in [0.2, 0.25) is 5.02 Å². The summed E-state index contributed by atoms with van der Waals surface area (Å²) in [5, 5.41) is 1.60. The number of hydrogen-bond donors (Lipinski definition) is 1. The minimum atomic E-state index is -0.473. The van der Waals surface area contributed by atoms with Gasteiger partial charge in [0.2, 0.25) is 0 Å². The first-order valence-electron chi connectivity index (χ1n) is 14.1. The highest BCUT2D eigenvalue weighted by molar-refractivity contribution is 9.10. The summed E-state index contributed by atoms with van der Waals surface area (Å²) in [6.07, 6.45) is 0. The highest BCUT2D eigenvalue weighted by Gasteiger charge is 2.16. The van der Waals surface area contributed by atoms with Gasteiger partial charge in [-0.3, -0.25) is 19.1 Å². The van der Waals surface area contributed by atoms with E-state index in [1.807, 2.05) is 31.2 Å². The molecule has 0 unspecified atom stereocenters. The molecule has 0 bridgehead atoms. The topological polar surface area (TPSA) is 113 Å². The Morgan fingerprint density at radius 2 is 1.58 bits per heavy atom. The minimum absolute atomic E-state index is 0. The van der Waals surface area contributed by atoms with Gasteiger partial charge in [0.25, 0.3) is 5.91 Å². The molecule has 3 aromatic carbocycles. The molecule has 0 aliphatic rings. The van der Waals surface area contributed by atoms with Crippen molar-refractivity contribution in [3.05, 3.63) is 92.5 Å². The van der Waals surface area contributed by atoms with Gasteiger partial charge in [-0.05, 0) is 102 Å². The molecular formula is C33H38BrCl2N3O6. The maximum atomic E-state index is 12.7. The lowest BCUT2D eigenvalue weighted by Crippen LogP contribution is -2.23. The monoisotopic (exact) mass is 721 g/mol. The third-order valence-electron chi connectivity index (χ3n) is 6.85. The molecule has 4 rings (SSSR count). The van der Waals surface area contributed by atoms with Crippen LogP contribution >= 0.6 is 39.9 Å². The van der Waals surface area contributed by atoms with E-state index in [1.165, 1.54) is 6.92 Å². The predicted molar refractivity (Wildman–Crippen MR) is 184 cm³/mol. The molecule has 0 aliphatic heterocycles. The Bertz CT molecular complexity index is 1620. The summed E-state index contributed by atoms with van der Waals surface area (Å²) in [7, 11) is 1.63. The normalized spacial score (nSPS) is 10.5. The van der Waals surface area contributed by atoms with Crippen molar-refractivity contribution in [3.63, 3.8) is 0 Å². The van der Waals surface area contributed by atoms with Crippen LogP contribution in [0.1, 0.15) is 52.7 Å². The van der Waals surface area contributed by atoms with Crippen molar-refractivity contribution in [1.29, 1.82) is 0 Å². The van der Waals surface area contributed by atoms with Gasteiger partial charge in [0.05, 0.1) is 23.9 Å². The standard InChI is InChI=1S/C17H14ClNO2.C16H23BrN2O4.ClH/c1-11-9-13-10-15(21-2)7-8-16(13)19(11)17(20)12-3-5-14(18)6-4-12;1-4-19(5-2)10-13-8-12(9-14(17)15(13)18)16(21)23-7-6-22-11(3)20;/h3-10H,1-2H3;8-9H,4-7,10,18H2,1-3H3;1H. The summed E-state index contributed by atoms with van der Waals surface area (Å²) in [5.74, 6) is -0.167. The predicted octanol–water partition coefficient (Wildman–Crippen LogP) is 7.32. The van der Waals surface area contributed by atoms with Crippen molar-refractivity contribution < 1.29 is 28.6 Å². The molecule has 0 radical (unpaired) electrons. The third kappa shape index (κ3) is 10.2. The van der Waals surface area contributed by atoms with Crippen LogP contribution in [0.4, 0.5) is 5.69 Å². The molecule has 1 heterocycles. The Labute approximate surface area is 283 Å². The molecule has 0 atom stereocenters. The number of carbonyl (C=O) groups excluding carboxylic acids is 3. The Hall–Kier alpha value is -3.57. The molecular weight excluding hydrogens is 685 g/mol. The van der Waals surface area contributed by atoms with Gasteiger partial charge >= 0.3 is 11.9 Å². The van der Waals surface area contributed by atoms with Crippen molar-refractivity contribution in [2.24, 2.45) is 0 Å². The van der Waals surface area contributed by atoms with Crippen LogP contribution < -0.4 is 10.5 Å². The minimum Gasteiger partial charge on any atom is -0.497 e. The van der Waals surface area contributed by atoms with E-state index >= 15 is 0 Å². The molecule has 0 aliphatic carbocycles. The van der Waals surface area contributed by atoms with Crippen LogP contribution in [0.5, 0.6) is 5.75 Å². The van der Waals surface area contributed by atoms with Crippen molar-refractivity contribution >= 4 is 74.4 Å². The van der Waals surface area contributed by atoms with E-state index in [-0.39, 0.29) is 31.5 Å². The van der Waals surface area contributed by atoms with Crippen molar-refractivity contribution in [3.8, 4) is 5.75 Å². The molecule has 1 aromatic heterocycles. The highest BCUT2D eigenvalue weighted by Crippen LogP contribution is 2.28. The first-order valence-corrected chi connectivity index (χ1v) is 15.2. The Morgan fingerprint density at radius 1 is 0.933 bits per heavy atom. The van der Waals surface area contributed by atoms with Crippen LogP contribution in [0, 0.1) is 6.92 Å². The van der Waals surface area contributed by atoms with E-state index in [2.05, 4.69) is 34.7 Å². The van der Waals surface area contributed by atoms with Crippen molar-refractivity contribution in [1.82, 2.24) is 9.47 Å². The number of aryl methyl sites for hydroxylation is 1. The second kappa shape index (κ2) is 17.8. The van der Waals surface area contributed by atoms with Crippen LogP contribution in [0.3, 0.4) is 0 Å². The number of halogens is 3. The fourth-order valence-corrected chi connectivity index (χ4v) is 5.09. The maximum absolute atomic E-state index is 12.7. The maximum Gasteiger partial charge on any atom is 0.338 e. The molecule has 0 fully saturated rings. The van der Waals surface area contributed by atoms with E-state index in [4.69, 9.17) is 31.5 Å². The Morgan fingerprint density at radius 3 is 2.18 bits per heavy atom. The molecule has 2 N–H and O–H groups in total. The number of methoxy groups -OCH3 is 1. The summed E-state index contributed by atoms with van der Waals surface area (Å²) < 4.78 is 17.4. The van der Waals surface area contributed by atoms with Gasteiger partial charge in [-0.1, -0.05) is 25.4 Å². The highest BCUT2D eigenvalue weighted by atomic mass is 79.9. The number of esters is 2. The number of nitrogen functional groups attached to an aromatic ring is 1. The molecule has 9 nitrogen and oxygen atoms in total. The quantitative estimate of drug-likeness (QED) is 0.103. The summed E-state index contributed by atoms with van der Waals surface area (Å²) in [6.45, 7) is 9.87. The van der Waals surface area contributed by atoms with Gasteiger partial charge in [0.1, 0.15) is 19.0 Å². The fraction of sp³-hybridized carbons (Fsp3) is 0.303. The number of anilines is 1. The molecule has 0 saturated carbocycles. The van der Waals surface area contributed by atoms with E-state index in [0.29, 0.717) is 32.9 Å². The molecule has 0 saturated heterocycles. The molecule has 45 heavy (non-hydrogen) atoms. The lowest BCUT2D eigenvalue weighted by molar-refractivity contribution is -0.142. The van der Waals surface area contributed by atoms with Gasteiger partial charge < -0.3 is 19.9 Å². The average molecular weight is 723 g/mol. The number of carbonyl (C=O) groups is 3. The summed E-state index contributed by atoms with van der Waals surface area (Å²) >= 11 is 9.25. The van der Waals surface area contributed by atoms with E-state index in [9.17, 15) is 14.4 Å². The second-order valence-corrected chi connectivity index (χ2v) is 11.1. The Balaban J connectivity index is 0.000000307. The van der Waals surface area contributed by atoms with E-state index in [0.717, 1.165) is 41.0 Å². The number of ether oxygens (including phenoxy) is 3. The molecule has 4 aromatic rings. The SMILES string of the molecule is CCN(CC)Cc1cc(C(=O)OCCOC(C)=O)cc(Br)c1N.COc1ccc2c(c1)cc(C)n2C(=O)c1ccc(Cl)cc1.Cl. The van der Waals surface area contributed by atoms with Gasteiger partial charge in [0, 0.05) is 39.6 Å². The fourth-order valence-electron chi connectivity index (χ4n) is 4.46. The van der Waals surface area contributed by atoms with Gasteiger partial charge in [0.15, 0.2) is 0 Å². The van der Waals surface area contributed by atoms with E-state index < -0.39 is 11.9 Å². The number of nitrogens with zero attached hydrogens (tertiary/aromatic N) is 2. The number of nitrogens with two attached hydrogens (primary N) is 1. The molecule has 12 heteroatoms. The van der Waals surface area contributed by atoms with Crippen LogP contribution in [0.25, 0.3) is 10.9 Å². The molecule has 0 spiro atoms. The van der Waals surface area contributed by atoms with Gasteiger partial charge in [-0.25, -0.2) is 4.79 Å². The second-order valence-electron chi connectivity index (χ2n) is 9.83. The average Bonchev–Trinajstić information content (AvgIpc) is 3.34. The third-order valence-corrected chi connectivity index (χ3v) is 7.76. The molecule has 0 amide bonds. The smallest absolute Gasteiger partial charge is 0.338 e. The number of fused-ring (bicyclic) bond motifs is 1. The largest absolute Gasteiger partial charge is 0.497 e. The van der Waals surface area contributed by atoms with Crippen molar-refractivity contribution in [2.75, 3.05) is 39.1 Å². The van der Waals surface area contributed by atoms with Crippen LogP contribution in [-0.4, -0.2) is 60.7 Å². The zero-order chi connectivity index (χ0) is 32.4. The number of hydrogen-bond acceptors (Lipinski definition) is 8. The van der Waals surface area contributed by atoms with Crippen LogP contribution in [0.15, 0.2) is 65.1 Å². The summed E-state index contributed by atoms with van der Waals surface area (Å²) in [6, 6.07) is 17.9. The first kappa shape index (κ1) is 37.6.